The molecule has 3 heteroatoms. The summed E-state index contributed by atoms with van der Waals surface area (Å²) in [5, 5.41) is 25.9. The first-order chi connectivity index (χ1) is 4.52. The maximum Gasteiger partial charge on any atom is 0.0874 e. The van der Waals surface area contributed by atoms with E-state index < -0.39 is 11.5 Å². The summed E-state index contributed by atoms with van der Waals surface area (Å²) in [6.45, 7) is 3.05. The summed E-state index contributed by atoms with van der Waals surface area (Å²) in [5.41, 5.74) is -1.06. The van der Waals surface area contributed by atoms with E-state index in [9.17, 15) is 5.11 Å². The Hall–Kier alpha value is -1.06. The van der Waals surface area contributed by atoms with Crippen molar-refractivity contribution >= 4 is 0 Å². The van der Waals surface area contributed by atoms with E-state index in [0.717, 1.165) is 0 Å². The van der Waals surface area contributed by atoms with Gasteiger partial charge in [-0.2, -0.15) is 10.5 Å². The highest BCUT2D eigenvalue weighted by Gasteiger charge is 2.25. The van der Waals surface area contributed by atoms with Crippen LogP contribution < -0.4 is 0 Å². The summed E-state index contributed by atoms with van der Waals surface area (Å²) in [5.74, 6) is -0.586. The van der Waals surface area contributed by atoms with Crippen molar-refractivity contribution in [2.45, 2.75) is 25.9 Å². The third-order valence-corrected chi connectivity index (χ3v) is 1.30. The summed E-state index contributed by atoms with van der Waals surface area (Å²) < 4.78 is 0. The predicted molar refractivity (Wildman–Crippen MR) is 35.6 cm³/mol. The lowest BCUT2D eigenvalue weighted by Gasteiger charge is -2.20. The van der Waals surface area contributed by atoms with Crippen LogP contribution >= 0.6 is 0 Å². The summed E-state index contributed by atoms with van der Waals surface area (Å²) in [7, 11) is 0. The van der Waals surface area contributed by atoms with E-state index in [1.165, 1.54) is 13.8 Å². The van der Waals surface area contributed by atoms with Crippen LogP contribution in [0.5, 0.6) is 0 Å². The number of hydrogen-bond donors (Lipinski definition) is 1. The molecule has 0 bridgehead atoms. The Morgan fingerprint density at radius 3 is 2.10 bits per heavy atom. The fraction of sp³-hybridized carbons (Fsp3) is 0.714. The lowest BCUT2D eigenvalue weighted by Crippen LogP contribution is -2.29. The molecule has 0 amide bonds. The molecule has 0 fully saturated rings. The first-order valence-corrected chi connectivity index (χ1v) is 3.01. The van der Waals surface area contributed by atoms with Gasteiger partial charge in [-0.3, -0.25) is 0 Å². The van der Waals surface area contributed by atoms with Crippen LogP contribution in [0.1, 0.15) is 20.3 Å². The van der Waals surface area contributed by atoms with E-state index in [0.29, 0.717) is 0 Å². The van der Waals surface area contributed by atoms with Gasteiger partial charge in [-0.15, -0.1) is 0 Å². The fourth-order valence-corrected chi connectivity index (χ4v) is 0.545. The van der Waals surface area contributed by atoms with E-state index in [2.05, 4.69) is 0 Å². The van der Waals surface area contributed by atoms with Crippen molar-refractivity contribution in [3.05, 3.63) is 0 Å². The normalized spacial score (nSPS) is 13.3. The van der Waals surface area contributed by atoms with Crippen molar-refractivity contribution < 1.29 is 5.11 Å². The largest absolute Gasteiger partial charge is 0.389 e. The van der Waals surface area contributed by atoms with Crippen molar-refractivity contribution in [1.29, 1.82) is 10.5 Å². The molecule has 1 unspecified atom stereocenters. The third kappa shape index (κ3) is 2.48. The minimum atomic E-state index is -1.06. The number of nitriles is 2. The van der Waals surface area contributed by atoms with E-state index in [4.69, 9.17) is 10.5 Å². The molecule has 0 saturated heterocycles. The van der Waals surface area contributed by atoms with Gasteiger partial charge in [0.25, 0.3) is 0 Å². The highest BCUT2D eigenvalue weighted by atomic mass is 16.3. The van der Waals surface area contributed by atoms with E-state index in [1.807, 2.05) is 12.1 Å². The molecule has 54 valence electrons. The van der Waals surface area contributed by atoms with Crippen molar-refractivity contribution in [3.8, 4) is 12.1 Å². The average molecular weight is 138 g/mol. The average Bonchev–Trinajstić information content (AvgIpc) is 1.80. The third-order valence-electron chi connectivity index (χ3n) is 1.30. The van der Waals surface area contributed by atoms with Crippen molar-refractivity contribution in [1.82, 2.24) is 0 Å². The predicted octanol–water partition coefficient (Wildman–Crippen LogP) is 0.811. The molecule has 0 radical (unpaired) electrons. The van der Waals surface area contributed by atoms with Gasteiger partial charge in [-0.05, 0) is 13.8 Å². The van der Waals surface area contributed by atoms with Gasteiger partial charge in [0.15, 0.2) is 0 Å². The second-order valence-corrected chi connectivity index (χ2v) is 2.70. The second kappa shape index (κ2) is 3.20. The van der Waals surface area contributed by atoms with Gasteiger partial charge in [0.1, 0.15) is 0 Å². The van der Waals surface area contributed by atoms with Gasteiger partial charge in [-0.1, -0.05) is 0 Å². The summed E-state index contributed by atoms with van der Waals surface area (Å²) >= 11 is 0. The molecule has 0 heterocycles. The molecule has 1 N–H and O–H groups in total. The van der Waals surface area contributed by atoms with Crippen molar-refractivity contribution in [2.24, 2.45) is 5.92 Å². The van der Waals surface area contributed by atoms with Gasteiger partial charge < -0.3 is 5.11 Å². The summed E-state index contributed by atoms with van der Waals surface area (Å²) in [4.78, 5) is 0. The first kappa shape index (κ1) is 8.94. The number of nitrogens with zero attached hydrogens (tertiary/aromatic N) is 2. The molecular weight excluding hydrogens is 128 g/mol. The molecule has 0 aliphatic carbocycles. The zero-order valence-corrected chi connectivity index (χ0v) is 6.13. The molecule has 0 aromatic carbocycles. The molecule has 0 aliphatic rings. The molecule has 0 aromatic heterocycles. The van der Waals surface area contributed by atoms with Gasteiger partial charge in [0.05, 0.1) is 30.1 Å². The molecule has 3 nitrogen and oxygen atoms in total. The Kier molecular flexibility index (Phi) is 2.86. The number of hydrogen-bond acceptors (Lipinski definition) is 3. The van der Waals surface area contributed by atoms with Crippen LogP contribution in [0.15, 0.2) is 0 Å². The van der Waals surface area contributed by atoms with Gasteiger partial charge in [0, 0.05) is 0 Å². The molecule has 1 atom stereocenters. The Bertz CT molecular complexity index is 179. The highest BCUT2D eigenvalue weighted by Crippen LogP contribution is 2.17. The molecular formula is C7H10N2O. The molecule has 0 rings (SSSR count). The minimum Gasteiger partial charge on any atom is -0.389 e. The van der Waals surface area contributed by atoms with Gasteiger partial charge in [0.2, 0.25) is 0 Å². The molecule has 0 aliphatic heterocycles. The van der Waals surface area contributed by atoms with E-state index in [-0.39, 0.29) is 6.42 Å². The smallest absolute Gasteiger partial charge is 0.0874 e. The fourth-order valence-electron chi connectivity index (χ4n) is 0.545. The molecule has 10 heavy (non-hydrogen) atoms. The van der Waals surface area contributed by atoms with Crippen LogP contribution in [0.2, 0.25) is 0 Å². The Morgan fingerprint density at radius 2 is 2.00 bits per heavy atom. The molecule has 0 spiro atoms. The van der Waals surface area contributed by atoms with E-state index in [1.54, 1.807) is 0 Å². The maximum absolute atomic E-state index is 9.23. The van der Waals surface area contributed by atoms with Crippen LogP contribution in [0, 0.1) is 28.6 Å². The van der Waals surface area contributed by atoms with Crippen LogP contribution in [-0.4, -0.2) is 10.7 Å². The summed E-state index contributed by atoms with van der Waals surface area (Å²) in [6, 6.07) is 3.71. The minimum absolute atomic E-state index is 0.0833. The standard InChI is InChI=1S/C7H10N2O/c1-7(2,10)6(5-9)3-4-8/h6,10H,3H2,1-2H3. The highest BCUT2D eigenvalue weighted by molar-refractivity contribution is 4.98. The van der Waals surface area contributed by atoms with Crippen molar-refractivity contribution in [3.63, 3.8) is 0 Å². The van der Waals surface area contributed by atoms with E-state index >= 15 is 0 Å². The van der Waals surface area contributed by atoms with Gasteiger partial charge >= 0.3 is 0 Å². The first-order valence-electron chi connectivity index (χ1n) is 3.01. The SMILES string of the molecule is CC(C)(O)C(C#N)CC#N. The topological polar surface area (TPSA) is 67.8 Å². The van der Waals surface area contributed by atoms with Crippen LogP contribution in [-0.2, 0) is 0 Å². The van der Waals surface area contributed by atoms with Gasteiger partial charge in [-0.25, -0.2) is 0 Å². The van der Waals surface area contributed by atoms with Crippen LogP contribution in [0.25, 0.3) is 0 Å². The zero-order valence-electron chi connectivity index (χ0n) is 6.13. The molecule has 0 aromatic rings. The second-order valence-electron chi connectivity index (χ2n) is 2.70. The van der Waals surface area contributed by atoms with Crippen molar-refractivity contribution in [2.75, 3.05) is 0 Å². The van der Waals surface area contributed by atoms with Crippen LogP contribution in [0.3, 0.4) is 0 Å². The Balaban J connectivity index is 4.14. The summed E-state index contributed by atoms with van der Waals surface area (Å²) in [6.07, 6.45) is 0.0833. The lowest BCUT2D eigenvalue weighted by atomic mass is 9.90. The Labute approximate surface area is 60.5 Å². The molecule has 0 saturated carbocycles. The maximum atomic E-state index is 9.23. The zero-order chi connectivity index (χ0) is 8.20. The number of rotatable bonds is 2. The number of aliphatic hydroxyl groups is 1. The monoisotopic (exact) mass is 138 g/mol. The quantitative estimate of drug-likeness (QED) is 0.614. The Morgan fingerprint density at radius 1 is 1.50 bits per heavy atom. The lowest BCUT2D eigenvalue weighted by molar-refractivity contribution is 0.0417. The van der Waals surface area contributed by atoms with Crippen LogP contribution in [0.4, 0.5) is 0 Å².